The molecule has 154 valence electrons. The molecule has 1 saturated carbocycles. The maximum absolute atomic E-state index is 12.3. The van der Waals surface area contributed by atoms with Gasteiger partial charge >= 0.3 is 5.97 Å². The third-order valence-electron chi connectivity index (χ3n) is 5.23. The van der Waals surface area contributed by atoms with Crippen LogP contribution in [0.15, 0.2) is 54.1 Å². The Labute approximate surface area is 174 Å². The van der Waals surface area contributed by atoms with Crippen LogP contribution >= 0.6 is 11.3 Å². The zero-order valence-corrected chi connectivity index (χ0v) is 17.0. The first-order valence-corrected chi connectivity index (χ1v) is 10.7. The number of aliphatic hydroxyl groups is 2. The first-order chi connectivity index (χ1) is 14.0. The van der Waals surface area contributed by atoms with Crippen molar-refractivity contribution in [1.29, 1.82) is 0 Å². The fourth-order valence-corrected chi connectivity index (χ4v) is 4.73. The van der Waals surface area contributed by atoms with Crippen LogP contribution in [0.5, 0.6) is 0 Å². The fourth-order valence-electron chi connectivity index (χ4n) is 3.67. The summed E-state index contributed by atoms with van der Waals surface area (Å²) in [6, 6.07) is 9.94. The summed E-state index contributed by atoms with van der Waals surface area (Å²) in [5.74, 6) is -1.14. The highest BCUT2D eigenvalue weighted by atomic mass is 32.1. The SMILES string of the molecule is O=C(O)CCCC=CC[C@@H]1C(=CC[C@@H](O)c2cc3ccccc3s2)C(=O)C[C@@H]1O. The molecule has 29 heavy (non-hydrogen) atoms. The van der Waals surface area contributed by atoms with E-state index in [2.05, 4.69) is 0 Å². The van der Waals surface area contributed by atoms with E-state index < -0.39 is 18.2 Å². The minimum Gasteiger partial charge on any atom is -0.481 e. The average Bonchev–Trinajstić information content (AvgIpc) is 3.23. The predicted octanol–water partition coefficient (Wildman–Crippen LogP) is 4.40. The van der Waals surface area contributed by atoms with Crippen molar-refractivity contribution in [2.75, 3.05) is 0 Å². The zero-order valence-electron chi connectivity index (χ0n) is 16.2. The standard InChI is InChI=1S/C23H26O5S/c24-18(22-13-15-7-5-6-9-21(15)29-22)12-11-17-16(19(25)14-20(17)26)8-3-1-2-4-10-23(27)28/h1,3,5-7,9,11,13,16,18-19,24-25H,2,4,8,10,12,14H2,(H,27,28)/t16-,18-,19+/m1/s1. The summed E-state index contributed by atoms with van der Waals surface area (Å²) in [7, 11) is 0. The normalized spacial score (nSPS) is 22.1. The van der Waals surface area contributed by atoms with Crippen LogP contribution in [0.25, 0.3) is 10.1 Å². The number of carbonyl (C=O) groups excluding carboxylic acids is 1. The first kappa shape index (κ1) is 21.4. The number of hydrogen-bond donors (Lipinski definition) is 3. The molecule has 3 atom stereocenters. The number of carbonyl (C=O) groups is 2. The lowest BCUT2D eigenvalue weighted by Gasteiger charge is -2.13. The molecule has 3 rings (SSSR count). The third kappa shape index (κ3) is 5.63. The summed E-state index contributed by atoms with van der Waals surface area (Å²) in [6.07, 6.45) is 6.54. The summed E-state index contributed by atoms with van der Waals surface area (Å²) in [5, 5.41) is 30.6. The van der Waals surface area contributed by atoms with Gasteiger partial charge in [0.05, 0.1) is 12.2 Å². The van der Waals surface area contributed by atoms with Gasteiger partial charge in [-0.25, -0.2) is 0 Å². The first-order valence-electron chi connectivity index (χ1n) is 9.90. The lowest BCUT2D eigenvalue weighted by atomic mass is 9.95. The van der Waals surface area contributed by atoms with Gasteiger partial charge in [-0.15, -0.1) is 11.3 Å². The fraction of sp³-hybridized carbons (Fsp3) is 0.391. The van der Waals surface area contributed by atoms with E-state index in [1.165, 1.54) is 0 Å². The van der Waals surface area contributed by atoms with Crippen LogP contribution in [-0.4, -0.2) is 33.2 Å². The number of benzene rings is 1. The molecule has 2 aromatic rings. The molecule has 1 heterocycles. The van der Waals surface area contributed by atoms with E-state index in [1.807, 2.05) is 42.5 Å². The van der Waals surface area contributed by atoms with Crippen LogP contribution in [0, 0.1) is 5.92 Å². The molecule has 3 N–H and O–H groups in total. The second-order valence-electron chi connectivity index (χ2n) is 7.39. The van der Waals surface area contributed by atoms with Crippen LogP contribution < -0.4 is 0 Å². The molecule has 1 aromatic heterocycles. The minimum atomic E-state index is -0.808. The number of carboxylic acid groups (broad SMARTS) is 1. The number of aliphatic hydroxyl groups excluding tert-OH is 2. The molecule has 0 bridgehead atoms. The summed E-state index contributed by atoms with van der Waals surface area (Å²) < 4.78 is 1.12. The van der Waals surface area contributed by atoms with Crippen molar-refractivity contribution in [3.05, 3.63) is 59.0 Å². The molecule has 0 spiro atoms. The molecule has 0 radical (unpaired) electrons. The number of rotatable bonds is 9. The van der Waals surface area contributed by atoms with E-state index >= 15 is 0 Å². The smallest absolute Gasteiger partial charge is 0.303 e. The predicted molar refractivity (Wildman–Crippen MR) is 114 cm³/mol. The van der Waals surface area contributed by atoms with Gasteiger partial charge in [-0.2, -0.15) is 0 Å². The van der Waals surface area contributed by atoms with E-state index in [0.717, 1.165) is 15.0 Å². The molecule has 5 nitrogen and oxygen atoms in total. The number of carboxylic acids is 1. The topological polar surface area (TPSA) is 94.8 Å². The van der Waals surface area contributed by atoms with Gasteiger partial charge in [-0.3, -0.25) is 9.59 Å². The molecule has 0 saturated heterocycles. The Morgan fingerprint density at radius 3 is 2.83 bits per heavy atom. The van der Waals surface area contributed by atoms with Gasteiger partial charge < -0.3 is 15.3 Å². The second kappa shape index (κ2) is 9.96. The summed E-state index contributed by atoms with van der Waals surface area (Å²) in [4.78, 5) is 23.7. The Hall–Kier alpha value is -2.28. The van der Waals surface area contributed by atoms with E-state index in [0.29, 0.717) is 31.3 Å². The maximum Gasteiger partial charge on any atom is 0.303 e. The molecular weight excluding hydrogens is 388 g/mol. The highest BCUT2D eigenvalue weighted by Gasteiger charge is 2.35. The number of fused-ring (bicyclic) bond motifs is 1. The summed E-state index contributed by atoms with van der Waals surface area (Å²) in [5.41, 5.74) is 0.591. The number of aliphatic carboxylic acids is 1. The summed E-state index contributed by atoms with van der Waals surface area (Å²) in [6.45, 7) is 0. The van der Waals surface area contributed by atoms with Crippen molar-refractivity contribution in [2.24, 2.45) is 5.92 Å². The molecule has 6 heteroatoms. The van der Waals surface area contributed by atoms with Crippen LogP contribution in [0.2, 0.25) is 0 Å². The van der Waals surface area contributed by atoms with Gasteiger partial charge in [0.2, 0.25) is 0 Å². The maximum atomic E-state index is 12.3. The number of allylic oxidation sites excluding steroid dienone is 2. The highest BCUT2D eigenvalue weighted by Crippen LogP contribution is 2.35. The molecule has 0 amide bonds. The Kier molecular flexibility index (Phi) is 7.36. The molecule has 1 aromatic carbocycles. The molecule has 0 unspecified atom stereocenters. The van der Waals surface area contributed by atoms with Crippen molar-refractivity contribution in [1.82, 2.24) is 0 Å². The van der Waals surface area contributed by atoms with Crippen molar-refractivity contribution in [2.45, 2.75) is 50.7 Å². The van der Waals surface area contributed by atoms with Gasteiger partial charge in [0.15, 0.2) is 5.78 Å². The van der Waals surface area contributed by atoms with Gasteiger partial charge in [-0.05, 0) is 48.8 Å². The zero-order chi connectivity index (χ0) is 20.8. The number of unbranched alkanes of at least 4 members (excludes halogenated alkanes) is 1. The van der Waals surface area contributed by atoms with Crippen LogP contribution in [0.4, 0.5) is 0 Å². The monoisotopic (exact) mass is 414 g/mol. The third-order valence-corrected chi connectivity index (χ3v) is 6.45. The molecule has 0 aliphatic heterocycles. The van der Waals surface area contributed by atoms with Gasteiger partial charge in [0, 0.05) is 28.3 Å². The second-order valence-corrected chi connectivity index (χ2v) is 8.51. The molecular formula is C23H26O5S. The Morgan fingerprint density at radius 2 is 2.07 bits per heavy atom. The Morgan fingerprint density at radius 1 is 1.28 bits per heavy atom. The van der Waals surface area contributed by atoms with Crippen LogP contribution in [0.3, 0.4) is 0 Å². The van der Waals surface area contributed by atoms with Gasteiger partial charge in [-0.1, -0.05) is 36.4 Å². The van der Waals surface area contributed by atoms with Crippen LogP contribution in [-0.2, 0) is 9.59 Å². The number of hydrogen-bond acceptors (Lipinski definition) is 5. The van der Waals surface area contributed by atoms with Crippen molar-refractivity contribution < 1.29 is 24.9 Å². The van der Waals surface area contributed by atoms with E-state index in [1.54, 1.807) is 17.4 Å². The summed E-state index contributed by atoms with van der Waals surface area (Å²) >= 11 is 1.55. The number of ketones is 1. The van der Waals surface area contributed by atoms with Gasteiger partial charge in [0.1, 0.15) is 0 Å². The number of Topliss-reactive ketones (excluding diaryl/α,β-unsaturated/α-hetero) is 1. The van der Waals surface area contributed by atoms with Crippen molar-refractivity contribution in [3.8, 4) is 0 Å². The number of thiophene rings is 1. The lowest BCUT2D eigenvalue weighted by Crippen LogP contribution is -2.13. The lowest BCUT2D eigenvalue weighted by molar-refractivity contribution is -0.137. The largest absolute Gasteiger partial charge is 0.481 e. The average molecular weight is 415 g/mol. The van der Waals surface area contributed by atoms with Crippen molar-refractivity contribution >= 4 is 33.2 Å². The quantitative estimate of drug-likeness (QED) is 0.321. The van der Waals surface area contributed by atoms with E-state index in [4.69, 9.17) is 5.11 Å². The van der Waals surface area contributed by atoms with Crippen molar-refractivity contribution in [3.63, 3.8) is 0 Å². The molecule has 1 aliphatic carbocycles. The Bertz CT molecular complexity index is 893. The molecule has 1 fully saturated rings. The van der Waals surface area contributed by atoms with E-state index in [9.17, 15) is 19.8 Å². The Balaban J connectivity index is 1.61. The molecule has 1 aliphatic rings. The minimum absolute atomic E-state index is 0.0645. The highest BCUT2D eigenvalue weighted by molar-refractivity contribution is 7.19. The van der Waals surface area contributed by atoms with Gasteiger partial charge in [0.25, 0.3) is 0 Å². The van der Waals surface area contributed by atoms with E-state index in [-0.39, 0.29) is 24.5 Å². The van der Waals surface area contributed by atoms with Crippen LogP contribution in [0.1, 0.15) is 49.5 Å².